The van der Waals surface area contributed by atoms with Crippen molar-refractivity contribution in [2.24, 2.45) is 5.14 Å². The van der Waals surface area contributed by atoms with Crippen LogP contribution in [0.4, 0.5) is 0 Å². The number of rotatable bonds is 4. The standard InChI is InChI=1S/C11H14N2O6S2/c12-20(16,17)8-3-1-4-9(7-8)21(18,19)13-6-2-5-10(13)11(14)15/h1,3-4,7,10H,2,5-6H2,(H,14,15)(H2,12,16,17)/t10-/m1/s1. The zero-order valence-electron chi connectivity index (χ0n) is 10.8. The maximum absolute atomic E-state index is 12.5. The molecule has 0 unspecified atom stereocenters. The minimum Gasteiger partial charge on any atom is -0.480 e. The fourth-order valence-electron chi connectivity index (χ4n) is 2.22. The van der Waals surface area contributed by atoms with Crippen LogP contribution in [0.2, 0.25) is 0 Å². The third-order valence-corrected chi connectivity index (χ3v) is 6.04. The number of aliphatic carboxylic acids is 1. The van der Waals surface area contributed by atoms with Gasteiger partial charge in [0.1, 0.15) is 6.04 Å². The molecule has 0 bridgehead atoms. The Morgan fingerprint density at radius 3 is 2.43 bits per heavy atom. The summed E-state index contributed by atoms with van der Waals surface area (Å²) in [5.74, 6) is -1.22. The van der Waals surface area contributed by atoms with Gasteiger partial charge >= 0.3 is 5.97 Å². The molecule has 1 fully saturated rings. The SMILES string of the molecule is NS(=O)(=O)c1cccc(S(=O)(=O)N2CCC[C@@H]2C(=O)O)c1. The van der Waals surface area contributed by atoms with E-state index in [9.17, 15) is 21.6 Å². The van der Waals surface area contributed by atoms with Crippen molar-refractivity contribution in [2.75, 3.05) is 6.54 Å². The molecular weight excluding hydrogens is 320 g/mol. The van der Waals surface area contributed by atoms with Crippen LogP contribution in [0.15, 0.2) is 34.1 Å². The second kappa shape index (κ2) is 5.37. The van der Waals surface area contributed by atoms with E-state index in [1.54, 1.807) is 0 Å². The second-order valence-corrected chi connectivity index (χ2v) is 8.08. The van der Waals surface area contributed by atoms with Crippen molar-refractivity contribution in [1.29, 1.82) is 0 Å². The largest absolute Gasteiger partial charge is 0.480 e. The molecule has 1 aliphatic rings. The summed E-state index contributed by atoms with van der Waals surface area (Å²) in [6.07, 6.45) is 0.661. The Labute approximate surface area is 122 Å². The first kappa shape index (κ1) is 15.9. The van der Waals surface area contributed by atoms with Crippen molar-refractivity contribution in [1.82, 2.24) is 4.31 Å². The molecule has 1 heterocycles. The average Bonchev–Trinajstić information content (AvgIpc) is 2.88. The molecule has 21 heavy (non-hydrogen) atoms. The summed E-state index contributed by atoms with van der Waals surface area (Å²) in [6.45, 7) is 0.0822. The summed E-state index contributed by atoms with van der Waals surface area (Å²) in [4.78, 5) is 10.5. The lowest BCUT2D eigenvalue weighted by Crippen LogP contribution is -2.40. The van der Waals surface area contributed by atoms with Crippen LogP contribution in [-0.4, -0.2) is 44.8 Å². The van der Waals surface area contributed by atoms with Crippen LogP contribution in [-0.2, 0) is 24.8 Å². The Kier molecular flexibility index (Phi) is 4.06. The number of carbonyl (C=O) groups is 1. The highest BCUT2D eigenvalue weighted by atomic mass is 32.2. The Balaban J connectivity index is 2.48. The van der Waals surface area contributed by atoms with Crippen LogP contribution in [0.25, 0.3) is 0 Å². The van der Waals surface area contributed by atoms with Gasteiger partial charge in [-0.15, -0.1) is 0 Å². The van der Waals surface area contributed by atoms with E-state index in [1.807, 2.05) is 0 Å². The molecular formula is C11H14N2O6S2. The minimum atomic E-state index is -4.08. The number of nitrogens with two attached hydrogens (primary N) is 1. The van der Waals surface area contributed by atoms with Crippen molar-refractivity contribution in [3.63, 3.8) is 0 Å². The van der Waals surface area contributed by atoms with E-state index in [0.717, 1.165) is 10.4 Å². The first-order chi connectivity index (χ1) is 9.64. The summed E-state index contributed by atoms with van der Waals surface area (Å²) < 4.78 is 48.3. The molecule has 8 nitrogen and oxygen atoms in total. The Morgan fingerprint density at radius 1 is 1.24 bits per heavy atom. The van der Waals surface area contributed by atoms with Gasteiger partial charge in [0.2, 0.25) is 20.0 Å². The van der Waals surface area contributed by atoms with E-state index in [2.05, 4.69) is 0 Å². The van der Waals surface area contributed by atoms with Crippen molar-refractivity contribution >= 4 is 26.0 Å². The molecule has 0 radical (unpaired) electrons. The highest BCUT2D eigenvalue weighted by Crippen LogP contribution is 2.27. The van der Waals surface area contributed by atoms with E-state index >= 15 is 0 Å². The molecule has 1 atom stereocenters. The molecule has 0 spiro atoms. The lowest BCUT2D eigenvalue weighted by Gasteiger charge is -2.21. The molecule has 3 N–H and O–H groups in total. The van der Waals surface area contributed by atoms with Gasteiger partial charge in [0, 0.05) is 6.54 Å². The lowest BCUT2D eigenvalue weighted by atomic mass is 10.2. The molecule has 1 saturated heterocycles. The molecule has 0 amide bonds. The van der Waals surface area contributed by atoms with Gasteiger partial charge in [0.15, 0.2) is 0 Å². The van der Waals surface area contributed by atoms with Crippen molar-refractivity contribution in [3.8, 4) is 0 Å². The van der Waals surface area contributed by atoms with Gasteiger partial charge in [-0.2, -0.15) is 4.31 Å². The predicted octanol–water partition coefficient (Wildman–Crippen LogP) is -0.428. The Morgan fingerprint density at radius 2 is 1.86 bits per heavy atom. The number of hydrogen-bond donors (Lipinski definition) is 2. The molecule has 2 rings (SSSR count). The quantitative estimate of drug-likeness (QED) is 0.767. The molecule has 0 aliphatic carbocycles. The molecule has 0 saturated carbocycles. The first-order valence-corrected chi connectivity index (χ1v) is 9.00. The number of carboxylic acids is 1. The predicted molar refractivity (Wildman–Crippen MR) is 72.4 cm³/mol. The minimum absolute atomic E-state index is 0.0822. The van der Waals surface area contributed by atoms with E-state index < -0.39 is 32.1 Å². The van der Waals surface area contributed by atoms with E-state index in [1.165, 1.54) is 18.2 Å². The summed E-state index contributed by atoms with van der Waals surface area (Å²) >= 11 is 0. The van der Waals surface area contributed by atoms with Crippen molar-refractivity contribution in [3.05, 3.63) is 24.3 Å². The summed E-state index contributed by atoms with van der Waals surface area (Å²) in [5, 5.41) is 14.0. The van der Waals surface area contributed by atoms with Gasteiger partial charge in [-0.1, -0.05) is 6.07 Å². The summed E-state index contributed by atoms with van der Waals surface area (Å²) in [7, 11) is -8.12. The van der Waals surface area contributed by atoms with Crippen LogP contribution in [0.5, 0.6) is 0 Å². The Bertz CT molecular complexity index is 772. The topological polar surface area (TPSA) is 135 Å². The summed E-state index contributed by atoms with van der Waals surface area (Å²) in [6, 6.07) is 3.43. The molecule has 0 aromatic heterocycles. The van der Waals surface area contributed by atoms with Gasteiger partial charge in [0.05, 0.1) is 9.79 Å². The van der Waals surface area contributed by atoms with Gasteiger partial charge in [-0.3, -0.25) is 4.79 Å². The number of hydrogen-bond acceptors (Lipinski definition) is 5. The molecule has 1 aromatic rings. The maximum atomic E-state index is 12.5. The molecule has 116 valence electrons. The third kappa shape index (κ3) is 3.07. The maximum Gasteiger partial charge on any atom is 0.322 e. The van der Waals surface area contributed by atoms with Crippen LogP contribution in [0.1, 0.15) is 12.8 Å². The lowest BCUT2D eigenvalue weighted by molar-refractivity contribution is -0.140. The molecule has 1 aliphatic heterocycles. The molecule has 10 heteroatoms. The first-order valence-electron chi connectivity index (χ1n) is 6.01. The monoisotopic (exact) mass is 334 g/mol. The number of sulfonamides is 2. The number of carboxylic acid groups (broad SMARTS) is 1. The number of primary sulfonamides is 1. The fourth-order valence-corrected chi connectivity index (χ4v) is 4.55. The van der Waals surface area contributed by atoms with Crippen molar-refractivity contribution < 1.29 is 26.7 Å². The normalized spacial score (nSPS) is 20.5. The highest BCUT2D eigenvalue weighted by molar-refractivity contribution is 7.90. The number of nitrogens with zero attached hydrogens (tertiary/aromatic N) is 1. The molecule has 1 aromatic carbocycles. The second-order valence-electron chi connectivity index (χ2n) is 4.63. The van der Waals surface area contributed by atoms with E-state index in [0.29, 0.717) is 6.42 Å². The van der Waals surface area contributed by atoms with Crippen LogP contribution < -0.4 is 5.14 Å². The van der Waals surface area contributed by atoms with Gasteiger partial charge in [-0.05, 0) is 31.0 Å². The van der Waals surface area contributed by atoms with Crippen LogP contribution in [0.3, 0.4) is 0 Å². The van der Waals surface area contributed by atoms with Gasteiger partial charge in [-0.25, -0.2) is 22.0 Å². The Hall–Kier alpha value is -1.49. The average molecular weight is 334 g/mol. The van der Waals surface area contributed by atoms with Crippen LogP contribution in [0, 0.1) is 0 Å². The van der Waals surface area contributed by atoms with Gasteiger partial charge in [0.25, 0.3) is 0 Å². The van der Waals surface area contributed by atoms with E-state index in [-0.39, 0.29) is 22.8 Å². The zero-order chi connectivity index (χ0) is 15.8. The zero-order valence-corrected chi connectivity index (χ0v) is 12.5. The van der Waals surface area contributed by atoms with Crippen LogP contribution >= 0.6 is 0 Å². The number of benzene rings is 1. The smallest absolute Gasteiger partial charge is 0.322 e. The fraction of sp³-hybridized carbons (Fsp3) is 0.364. The van der Waals surface area contributed by atoms with Gasteiger partial charge < -0.3 is 5.11 Å². The van der Waals surface area contributed by atoms with E-state index in [4.69, 9.17) is 10.2 Å². The third-order valence-electron chi connectivity index (χ3n) is 3.23. The highest BCUT2D eigenvalue weighted by Gasteiger charge is 2.39. The summed E-state index contributed by atoms with van der Waals surface area (Å²) in [5.41, 5.74) is 0. The van der Waals surface area contributed by atoms with Crippen molar-refractivity contribution in [2.45, 2.75) is 28.7 Å².